The molecule has 3 aromatic carbocycles. The number of rotatable bonds is 1. The molecule has 1 heterocycles. The molecule has 0 bridgehead atoms. The number of benzene rings is 3. The zero-order chi connectivity index (χ0) is 14.4. The van der Waals surface area contributed by atoms with Gasteiger partial charge in [-0.2, -0.15) is 0 Å². The van der Waals surface area contributed by atoms with Crippen molar-refractivity contribution in [3.8, 4) is 5.69 Å². The number of hydrogen-bond donors (Lipinski definition) is 1. The van der Waals surface area contributed by atoms with Gasteiger partial charge in [-0.15, -0.1) is 0 Å². The van der Waals surface area contributed by atoms with Crippen LogP contribution in [0.3, 0.4) is 0 Å². The van der Waals surface area contributed by atoms with Gasteiger partial charge < -0.3 is 4.98 Å². The molecule has 4 rings (SSSR count). The van der Waals surface area contributed by atoms with Crippen LogP contribution in [0.4, 0.5) is 0 Å². The van der Waals surface area contributed by atoms with Crippen molar-refractivity contribution in [3.63, 3.8) is 0 Å². The first kappa shape index (κ1) is 13.0. The minimum Gasteiger partial charge on any atom is -0.330 e. The SMILES string of the molecule is S=c1[nH]c2cc(I)ccc2n1-c1ccc2ccccc2c1. The maximum absolute atomic E-state index is 5.51. The fourth-order valence-corrected chi connectivity index (χ4v) is 3.46. The summed E-state index contributed by atoms with van der Waals surface area (Å²) in [5.41, 5.74) is 3.27. The number of fused-ring (bicyclic) bond motifs is 2. The van der Waals surface area contributed by atoms with Gasteiger partial charge >= 0.3 is 0 Å². The number of imidazole rings is 1. The highest BCUT2D eigenvalue weighted by Gasteiger charge is 2.07. The quantitative estimate of drug-likeness (QED) is 0.332. The zero-order valence-corrected chi connectivity index (χ0v) is 14.0. The molecule has 0 unspecified atom stereocenters. The normalized spacial score (nSPS) is 11.3. The summed E-state index contributed by atoms with van der Waals surface area (Å²) in [6.45, 7) is 0. The van der Waals surface area contributed by atoms with E-state index < -0.39 is 0 Å². The number of aromatic amines is 1. The third-order valence-corrected chi connectivity index (χ3v) is 4.59. The van der Waals surface area contributed by atoms with E-state index in [-0.39, 0.29) is 0 Å². The van der Waals surface area contributed by atoms with Crippen LogP contribution in [-0.4, -0.2) is 9.55 Å². The van der Waals surface area contributed by atoms with Crippen LogP contribution in [0.1, 0.15) is 0 Å². The highest BCUT2D eigenvalue weighted by molar-refractivity contribution is 14.1. The Hall–Kier alpha value is -1.66. The standard InChI is InChI=1S/C17H11IN2S/c18-13-6-8-16-15(10-13)19-17(21)20(16)14-7-5-11-3-1-2-4-12(11)9-14/h1-10H,(H,19,21). The molecule has 0 aliphatic heterocycles. The van der Waals surface area contributed by atoms with Crippen molar-refractivity contribution in [2.45, 2.75) is 0 Å². The zero-order valence-electron chi connectivity index (χ0n) is 11.0. The van der Waals surface area contributed by atoms with Gasteiger partial charge in [0, 0.05) is 9.26 Å². The predicted octanol–water partition coefficient (Wildman–Crippen LogP) is 5.45. The van der Waals surface area contributed by atoms with Crippen LogP contribution in [0.25, 0.3) is 27.5 Å². The van der Waals surface area contributed by atoms with Gasteiger partial charge in [-0.3, -0.25) is 4.57 Å². The van der Waals surface area contributed by atoms with Crippen molar-refractivity contribution in [2.75, 3.05) is 0 Å². The summed E-state index contributed by atoms with van der Waals surface area (Å²) < 4.78 is 4.01. The van der Waals surface area contributed by atoms with Crippen LogP contribution in [0.2, 0.25) is 0 Å². The van der Waals surface area contributed by atoms with Crippen molar-refractivity contribution in [1.82, 2.24) is 9.55 Å². The minimum absolute atomic E-state index is 0.724. The first-order valence-corrected chi connectivity index (χ1v) is 8.10. The van der Waals surface area contributed by atoms with Crippen LogP contribution in [0.5, 0.6) is 0 Å². The molecular formula is C17H11IN2S. The van der Waals surface area contributed by atoms with Crippen LogP contribution in [0, 0.1) is 8.34 Å². The van der Waals surface area contributed by atoms with E-state index in [1.165, 1.54) is 14.3 Å². The van der Waals surface area contributed by atoms with Crippen molar-refractivity contribution in [2.24, 2.45) is 0 Å². The maximum Gasteiger partial charge on any atom is 0.182 e. The lowest BCUT2D eigenvalue weighted by molar-refractivity contribution is 1.07. The lowest BCUT2D eigenvalue weighted by atomic mass is 10.1. The van der Waals surface area contributed by atoms with E-state index in [1.54, 1.807) is 0 Å². The summed E-state index contributed by atoms with van der Waals surface area (Å²) in [5, 5.41) is 2.46. The van der Waals surface area contributed by atoms with E-state index in [1.807, 2.05) is 0 Å². The van der Waals surface area contributed by atoms with E-state index >= 15 is 0 Å². The molecule has 0 aliphatic rings. The second-order valence-corrected chi connectivity index (χ2v) is 6.59. The molecule has 0 spiro atoms. The van der Waals surface area contributed by atoms with Gasteiger partial charge in [-0.1, -0.05) is 30.3 Å². The molecule has 1 aromatic heterocycles. The predicted molar refractivity (Wildman–Crippen MR) is 98.7 cm³/mol. The highest BCUT2D eigenvalue weighted by atomic mass is 127. The molecular weight excluding hydrogens is 391 g/mol. The lowest BCUT2D eigenvalue weighted by Gasteiger charge is -2.06. The Bertz CT molecular complexity index is 1030. The van der Waals surface area contributed by atoms with Gasteiger partial charge in [-0.25, -0.2) is 0 Å². The molecule has 4 heteroatoms. The summed E-state index contributed by atoms with van der Waals surface area (Å²) in [6, 6.07) is 21.1. The molecule has 21 heavy (non-hydrogen) atoms. The van der Waals surface area contributed by atoms with E-state index in [2.05, 4.69) is 92.8 Å². The average Bonchev–Trinajstić information content (AvgIpc) is 2.81. The number of aromatic nitrogens is 2. The summed E-state index contributed by atoms with van der Waals surface area (Å²) in [6.07, 6.45) is 0. The van der Waals surface area contributed by atoms with Crippen LogP contribution >= 0.6 is 34.8 Å². The molecule has 2 nitrogen and oxygen atoms in total. The Morgan fingerprint density at radius 3 is 2.57 bits per heavy atom. The molecule has 0 atom stereocenters. The van der Waals surface area contributed by atoms with E-state index in [0.717, 1.165) is 21.5 Å². The molecule has 0 aliphatic carbocycles. The Morgan fingerprint density at radius 2 is 1.71 bits per heavy atom. The number of halogens is 1. The van der Waals surface area contributed by atoms with E-state index in [9.17, 15) is 0 Å². The third-order valence-electron chi connectivity index (χ3n) is 3.64. The Balaban J connectivity index is 2.03. The summed E-state index contributed by atoms with van der Waals surface area (Å²) in [4.78, 5) is 3.29. The topological polar surface area (TPSA) is 20.7 Å². The van der Waals surface area contributed by atoms with Gasteiger partial charge in [-0.05, 0) is 75.9 Å². The van der Waals surface area contributed by atoms with Crippen molar-refractivity contribution >= 4 is 56.6 Å². The van der Waals surface area contributed by atoms with E-state index in [4.69, 9.17) is 12.2 Å². The Morgan fingerprint density at radius 1 is 0.905 bits per heavy atom. The molecule has 0 fully saturated rings. The highest BCUT2D eigenvalue weighted by Crippen LogP contribution is 2.24. The van der Waals surface area contributed by atoms with Gasteiger partial charge in [0.25, 0.3) is 0 Å². The van der Waals surface area contributed by atoms with Crippen LogP contribution in [-0.2, 0) is 0 Å². The molecule has 1 N–H and O–H groups in total. The van der Waals surface area contributed by atoms with Gasteiger partial charge in [0.05, 0.1) is 11.0 Å². The lowest BCUT2D eigenvalue weighted by Crippen LogP contribution is -1.93. The third kappa shape index (κ3) is 2.18. The number of H-pyrrole nitrogens is 1. The van der Waals surface area contributed by atoms with Crippen LogP contribution < -0.4 is 0 Å². The fraction of sp³-hybridized carbons (Fsp3) is 0. The molecule has 0 saturated carbocycles. The first-order valence-electron chi connectivity index (χ1n) is 6.62. The molecule has 102 valence electrons. The van der Waals surface area contributed by atoms with Crippen molar-refractivity contribution in [1.29, 1.82) is 0 Å². The minimum atomic E-state index is 0.724. The Labute approximate surface area is 140 Å². The second-order valence-electron chi connectivity index (χ2n) is 4.96. The molecule has 4 aromatic rings. The number of nitrogens with zero attached hydrogens (tertiary/aromatic N) is 1. The second kappa shape index (κ2) is 4.96. The van der Waals surface area contributed by atoms with Crippen molar-refractivity contribution in [3.05, 3.63) is 69.0 Å². The van der Waals surface area contributed by atoms with Gasteiger partial charge in [0.15, 0.2) is 4.77 Å². The Kier molecular flexibility index (Phi) is 3.08. The first-order chi connectivity index (χ1) is 10.2. The maximum atomic E-state index is 5.51. The average molecular weight is 402 g/mol. The molecule has 0 radical (unpaired) electrons. The van der Waals surface area contributed by atoms with E-state index in [0.29, 0.717) is 0 Å². The smallest absolute Gasteiger partial charge is 0.182 e. The molecule has 0 saturated heterocycles. The summed E-state index contributed by atoms with van der Waals surface area (Å²) in [5.74, 6) is 0. The summed E-state index contributed by atoms with van der Waals surface area (Å²) in [7, 11) is 0. The number of nitrogens with one attached hydrogen (secondary N) is 1. The molecule has 0 amide bonds. The number of hydrogen-bond acceptors (Lipinski definition) is 1. The summed E-state index contributed by atoms with van der Waals surface area (Å²) >= 11 is 7.82. The monoisotopic (exact) mass is 402 g/mol. The van der Waals surface area contributed by atoms with Gasteiger partial charge in [0.2, 0.25) is 0 Å². The largest absolute Gasteiger partial charge is 0.330 e. The van der Waals surface area contributed by atoms with Crippen molar-refractivity contribution < 1.29 is 0 Å². The van der Waals surface area contributed by atoms with Crippen LogP contribution in [0.15, 0.2) is 60.7 Å². The fourth-order valence-electron chi connectivity index (χ4n) is 2.66. The van der Waals surface area contributed by atoms with Gasteiger partial charge in [0.1, 0.15) is 0 Å².